The molecule has 1 aliphatic heterocycles. The van der Waals surface area contributed by atoms with E-state index in [0.717, 1.165) is 44.7 Å². The van der Waals surface area contributed by atoms with Gasteiger partial charge < -0.3 is 20.6 Å². The van der Waals surface area contributed by atoms with Crippen molar-refractivity contribution >= 4 is 12.0 Å². The molecule has 10 nitrogen and oxygen atoms in total. The van der Waals surface area contributed by atoms with Crippen molar-refractivity contribution in [2.24, 2.45) is 11.7 Å². The normalized spacial score (nSPS) is 15.3. The molecule has 2 aromatic rings. The number of carboxylic acids is 1. The number of hydrogen-bond donors (Lipinski definition) is 3. The zero-order valence-corrected chi connectivity index (χ0v) is 16.0. The highest BCUT2D eigenvalue weighted by Gasteiger charge is 2.38. The molecule has 4 N–H and O–H groups in total. The van der Waals surface area contributed by atoms with E-state index >= 15 is 0 Å². The molecule has 0 atom stereocenters. The van der Waals surface area contributed by atoms with E-state index in [9.17, 15) is 18.0 Å². The summed E-state index contributed by atoms with van der Waals surface area (Å²) >= 11 is 0. The summed E-state index contributed by atoms with van der Waals surface area (Å²) in [5.41, 5.74) is 6.99. The quantitative estimate of drug-likeness (QED) is 0.630. The molecule has 30 heavy (non-hydrogen) atoms. The Morgan fingerprint density at radius 3 is 2.53 bits per heavy atom. The van der Waals surface area contributed by atoms with E-state index in [0.29, 0.717) is 12.5 Å². The minimum absolute atomic E-state index is 0.318. The number of alkyl halides is 3. The topological polar surface area (TPSA) is 140 Å². The van der Waals surface area contributed by atoms with Crippen molar-refractivity contribution in [2.75, 3.05) is 13.1 Å². The van der Waals surface area contributed by atoms with Gasteiger partial charge in [-0.25, -0.2) is 9.59 Å². The molecule has 3 rings (SSSR count). The maximum absolute atomic E-state index is 10.7. The Morgan fingerprint density at radius 2 is 2.00 bits per heavy atom. The molecular formula is C17H23F3N6O4. The van der Waals surface area contributed by atoms with Crippen LogP contribution >= 0.6 is 0 Å². The average molecular weight is 432 g/mol. The number of aromatic nitrogens is 3. The van der Waals surface area contributed by atoms with Gasteiger partial charge in [0.05, 0.1) is 25.3 Å². The molecule has 13 heteroatoms. The Morgan fingerprint density at radius 1 is 1.33 bits per heavy atom. The largest absolute Gasteiger partial charge is 0.490 e. The minimum atomic E-state index is -5.08. The van der Waals surface area contributed by atoms with Crippen LogP contribution in [0.15, 0.2) is 29.2 Å². The molecule has 1 saturated heterocycles. The lowest BCUT2D eigenvalue weighted by Gasteiger charge is -2.31. The van der Waals surface area contributed by atoms with Crippen LogP contribution in [0.2, 0.25) is 0 Å². The monoisotopic (exact) mass is 432 g/mol. The van der Waals surface area contributed by atoms with Gasteiger partial charge in [-0.05, 0) is 37.9 Å². The number of urea groups is 1. The zero-order chi connectivity index (χ0) is 22.1. The molecular weight excluding hydrogens is 409 g/mol. The molecule has 2 amide bonds. The number of carboxylic acid groups (broad SMARTS) is 1. The van der Waals surface area contributed by atoms with E-state index in [2.05, 4.69) is 20.5 Å². The van der Waals surface area contributed by atoms with E-state index in [4.69, 9.17) is 20.1 Å². The standard InChI is InChI=1S/C15H22N6O2.C2HF3O2/c16-15(22)17-7-14-10-21(19-18-14)9-12-1-4-20(5-2-12)8-13-3-6-23-11-13;3-2(4,5)1(6)7/h3,6,10-12H,1-2,4-5,7-9H2,(H3,16,17,22);(H,6,7). The first-order chi connectivity index (χ1) is 14.1. The zero-order valence-electron chi connectivity index (χ0n) is 16.0. The highest BCUT2D eigenvalue weighted by Crippen LogP contribution is 2.20. The van der Waals surface area contributed by atoms with Crippen LogP contribution in [0.4, 0.5) is 18.0 Å². The lowest BCUT2D eigenvalue weighted by atomic mass is 9.96. The van der Waals surface area contributed by atoms with E-state index in [1.165, 1.54) is 5.56 Å². The van der Waals surface area contributed by atoms with Gasteiger partial charge in [0.2, 0.25) is 0 Å². The van der Waals surface area contributed by atoms with Gasteiger partial charge in [0.1, 0.15) is 5.69 Å². The lowest BCUT2D eigenvalue weighted by molar-refractivity contribution is -0.192. The van der Waals surface area contributed by atoms with Gasteiger partial charge in [-0.1, -0.05) is 5.21 Å². The molecule has 0 spiro atoms. The summed E-state index contributed by atoms with van der Waals surface area (Å²) in [5, 5.41) is 17.8. The molecule has 0 aliphatic carbocycles. The number of rotatable bonds is 6. The third-order valence-corrected chi connectivity index (χ3v) is 4.41. The fraction of sp³-hybridized carbons (Fsp3) is 0.529. The number of amides is 2. The van der Waals surface area contributed by atoms with Crippen LogP contribution < -0.4 is 11.1 Å². The van der Waals surface area contributed by atoms with Crippen LogP contribution in [-0.4, -0.2) is 56.3 Å². The summed E-state index contributed by atoms with van der Waals surface area (Å²) in [6, 6.07) is 1.47. The van der Waals surface area contributed by atoms with Gasteiger partial charge in [-0.3, -0.25) is 9.58 Å². The van der Waals surface area contributed by atoms with Crippen LogP contribution in [0, 0.1) is 5.92 Å². The highest BCUT2D eigenvalue weighted by atomic mass is 19.4. The van der Waals surface area contributed by atoms with Crippen LogP contribution in [-0.2, 0) is 24.4 Å². The molecule has 166 valence electrons. The van der Waals surface area contributed by atoms with Crippen molar-refractivity contribution in [3.05, 3.63) is 36.0 Å². The van der Waals surface area contributed by atoms with Crippen molar-refractivity contribution < 1.29 is 32.3 Å². The SMILES string of the molecule is NC(=O)NCc1cn(CC2CCN(Cc3ccoc3)CC2)nn1.O=C(O)C(F)(F)F. The number of aliphatic carboxylic acids is 1. The number of nitrogens with one attached hydrogen (secondary N) is 1. The van der Waals surface area contributed by atoms with E-state index in [1.54, 1.807) is 6.26 Å². The van der Waals surface area contributed by atoms with Crippen molar-refractivity contribution in [3.63, 3.8) is 0 Å². The third kappa shape index (κ3) is 8.11. The smallest absolute Gasteiger partial charge is 0.475 e. The van der Waals surface area contributed by atoms with Crippen LogP contribution in [0.25, 0.3) is 0 Å². The first kappa shape index (κ1) is 23.2. The van der Waals surface area contributed by atoms with Gasteiger partial charge >= 0.3 is 18.2 Å². The van der Waals surface area contributed by atoms with Crippen LogP contribution in [0.3, 0.4) is 0 Å². The van der Waals surface area contributed by atoms with Crippen molar-refractivity contribution in [2.45, 2.75) is 38.7 Å². The van der Waals surface area contributed by atoms with E-state index in [-0.39, 0.29) is 0 Å². The molecule has 3 heterocycles. The van der Waals surface area contributed by atoms with Gasteiger partial charge in [0, 0.05) is 18.7 Å². The number of furan rings is 1. The number of likely N-dealkylation sites (tertiary alicyclic amines) is 1. The Balaban J connectivity index is 0.000000396. The highest BCUT2D eigenvalue weighted by molar-refractivity contribution is 5.73. The predicted octanol–water partition coefficient (Wildman–Crippen LogP) is 1.58. The molecule has 1 fully saturated rings. The van der Waals surface area contributed by atoms with Crippen molar-refractivity contribution in [1.82, 2.24) is 25.2 Å². The Kier molecular flexibility index (Phi) is 8.21. The van der Waals surface area contributed by atoms with Crippen LogP contribution in [0.5, 0.6) is 0 Å². The molecule has 0 bridgehead atoms. The van der Waals surface area contributed by atoms with Crippen molar-refractivity contribution in [3.8, 4) is 0 Å². The molecule has 1 aliphatic rings. The third-order valence-electron chi connectivity index (χ3n) is 4.41. The summed E-state index contributed by atoms with van der Waals surface area (Å²) in [7, 11) is 0. The fourth-order valence-electron chi connectivity index (χ4n) is 2.92. The van der Waals surface area contributed by atoms with E-state index in [1.807, 2.05) is 23.2 Å². The second kappa shape index (κ2) is 10.6. The number of primary amides is 1. The summed E-state index contributed by atoms with van der Waals surface area (Å²) in [5.74, 6) is -2.15. The first-order valence-corrected chi connectivity index (χ1v) is 9.09. The predicted molar refractivity (Wildman–Crippen MR) is 96.8 cm³/mol. The molecule has 0 unspecified atom stereocenters. The maximum Gasteiger partial charge on any atom is 0.490 e. The molecule has 0 aromatic carbocycles. The van der Waals surface area contributed by atoms with Gasteiger partial charge in [0.25, 0.3) is 0 Å². The number of carbonyl (C=O) groups excluding carboxylic acids is 1. The van der Waals surface area contributed by atoms with Crippen LogP contribution in [0.1, 0.15) is 24.1 Å². The minimum Gasteiger partial charge on any atom is -0.475 e. The van der Waals surface area contributed by atoms with Gasteiger partial charge in [-0.2, -0.15) is 13.2 Å². The Labute approximate surface area is 169 Å². The second-order valence-electron chi connectivity index (χ2n) is 6.80. The second-order valence-corrected chi connectivity index (χ2v) is 6.80. The first-order valence-electron chi connectivity index (χ1n) is 9.09. The molecule has 2 aromatic heterocycles. The number of piperidine rings is 1. The number of halogens is 3. The van der Waals surface area contributed by atoms with Gasteiger partial charge in [-0.15, -0.1) is 5.10 Å². The number of nitrogens with two attached hydrogens (primary N) is 1. The maximum atomic E-state index is 10.7. The number of carbonyl (C=O) groups is 2. The fourth-order valence-corrected chi connectivity index (χ4v) is 2.92. The number of nitrogens with zero attached hydrogens (tertiary/aromatic N) is 4. The molecule has 0 saturated carbocycles. The average Bonchev–Trinajstić information content (AvgIpc) is 3.33. The molecule has 0 radical (unpaired) electrons. The van der Waals surface area contributed by atoms with E-state index < -0.39 is 18.2 Å². The summed E-state index contributed by atoms with van der Waals surface area (Å²) in [6.45, 7) is 4.30. The summed E-state index contributed by atoms with van der Waals surface area (Å²) in [4.78, 5) is 22.0. The van der Waals surface area contributed by atoms with Gasteiger partial charge in [0.15, 0.2) is 0 Å². The lowest BCUT2D eigenvalue weighted by Crippen LogP contribution is -2.34. The summed E-state index contributed by atoms with van der Waals surface area (Å²) in [6.07, 6.45) is 2.60. The Hall–Kier alpha value is -3.09. The number of hydrogen-bond acceptors (Lipinski definition) is 6. The summed E-state index contributed by atoms with van der Waals surface area (Å²) < 4.78 is 38.7. The van der Waals surface area contributed by atoms with Crippen molar-refractivity contribution in [1.29, 1.82) is 0 Å². The Bertz CT molecular complexity index is 801.